The summed E-state index contributed by atoms with van der Waals surface area (Å²) in [6.07, 6.45) is 4.86. The highest BCUT2D eigenvalue weighted by atomic mass is 32.1. The number of likely N-dealkylation sites (tertiary alicyclic amines) is 1. The molecule has 0 spiro atoms. The van der Waals surface area contributed by atoms with Gasteiger partial charge in [0.25, 0.3) is 0 Å². The monoisotopic (exact) mass is 526 g/mol. The molecule has 0 unspecified atom stereocenters. The van der Waals surface area contributed by atoms with Crippen LogP contribution in [0.4, 0.5) is 16.3 Å². The quantitative estimate of drug-likeness (QED) is 0.409. The van der Waals surface area contributed by atoms with E-state index in [-0.39, 0.29) is 5.92 Å². The molecule has 1 fully saturated rings. The highest BCUT2D eigenvalue weighted by molar-refractivity contribution is 7.19. The maximum atomic E-state index is 13.5. The zero-order chi connectivity index (χ0) is 27.0. The Kier molecular flexibility index (Phi) is 7.27. The summed E-state index contributed by atoms with van der Waals surface area (Å²) in [5, 5.41) is 12.4. The number of aromatic amines is 1. The number of piperidine rings is 1. The summed E-state index contributed by atoms with van der Waals surface area (Å²) in [5.41, 5.74) is 0.773. The van der Waals surface area contributed by atoms with Crippen molar-refractivity contribution in [1.29, 1.82) is 0 Å². The predicted octanol–water partition coefficient (Wildman–Crippen LogP) is 5.04. The number of carbonyl (C=O) groups is 3. The average Bonchev–Trinajstić information content (AvgIpc) is 3.43. The smallest absolute Gasteiger partial charge is 0.413 e. The second kappa shape index (κ2) is 10.1. The van der Waals surface area contributed by atoms with E-state index in [1.54, 1.807) is 49.3 Å². The Morgan fingerprint density at radius 2 is 2.00 bits per heavy atom. The third kappa shape index (κ3) is 5.76. The number of carbonyl (C=O) groups excluding carboxylic acids is 3. The van der Waals surface area contributed by atoms with Crippen LogP contribution in [0.5, 0.6) is 0 Å². The van der Waals surface area contributed by atoms with Crippen LogP contribution in [0, 0.1) is 5.92 Å². The molecule has 4 rings (SSSR count). The number of H-pyrrole nitrogens is 1. The number of pyridine rings is 1. The number of aryl methyl sites for hydroxylation is 1. The van der Waals surface area contributed by atoms with Gasteiger partial charge in [-0.1, -0.05) is 13.8 Å². The van der Waals surface area contributed by atoms with E-state index in [9.17, 15) is 14.4 Å². The lowest BCUT2D eigenvalue weighted by atomic mass is 9.82. The van der Waals surface area contributed by atoms with Gasteiger partial charge in [-0.2, -0.15) is 5.10 Å². The Hall–Kier alpha value is -3.47. The molecule has 0 aliphatic carbocycles. The van der Waals surface area contributed by atoms with Gasteiger partial charge in [-0.05, 0) is 70.6 Å². The Labute approximate surface area is 220 Å². The molecule has 3 amide bonds. The fourth-order valence-corrected chi connectivity index (χ4v) is 5.68. The molecule has 3 aromatic rings. The highest BCUT2D eigenvalue weighted by Gasteiger charge is 2.44. The van der Waals surface area contributed by atoms with Gasteiger partial charge in [0.2, 0.25) is 0 Å². The summed E-state index contributed by atoms with van der Waals surface area (Å²) in [6.45, 7) is 11.9. The maximum Gasteiger partial charge on any atom is 0.413 e. The molecular weight excluding hydrogens is 492 g/mol. The third-order valence-electron chi connectivity index (χ3n) is 6.54. The molecule has 3 aromatic heterocycles. The molecular formula is C26H34N6O4S. The molecule has 4 heterocycles. The Morgan fingerprint density at radius 1 is 1.24 bits per heavy atom. The van der Waals surface area contributed by atoms with Crippen LogP contribution in [0.3, 0.4) is 0 Å². The number of rotatable bonds is 4. The largest absolute Gasteiger partial charge is 0.444 e. The number of hydrogen-bond acceptors (Lipinski definition) is 7. The lowest BCUT2D eigenvalue weighted by Crippen LogP contribution is -2.55. The summed E-state index contributed by atoms with van der Waals surface area (Å²) in [7, 11) is 0. The molecule has 0 bridgehead atoms. The fraction of sp³-hybridized carbons (Fsp3) is 0.500. The van der Waals surface area contributed by atoms with Gasteiger partial charge in [0, 0.05) is 11.4 Å². The highest BCUT2D eigenvalue weighted by Crippen LogP contribution is 2.43. The molecule has 3 N–H and O–H groups in total. The van der Waals surface area contributed by atoms with Crippen LogP contribution in [0.2, 0.25) is 0 Å². The Bertz CT molecular complexity index is 1300. The first-order valence-corrected chi connectivity index (χ1v) is 13.3. The number of fused-ring (bicyclic) bond motifs is 1. The lowest BCUT2D eigenvalue weighted by molar-refractivity contribution is -0.150. The van der Waals surface area contributed by atoms with Crippen molar-refractivity contribution in [3.05, 3.63) is 35.0 Å². The number of anilines is 2. The summed E-state index contributed by atoms with van der Waals surface area (Å²) in [6, 6.07) is 3.73. The molecule has 10 nitrogen and oxygen atoms in total. The molecule has 0 saturated carbocycles. The van der Waals surface area contributed by atoms with E-state index < -0.39 is 29.0 Å². The van der Waals surface area contributed by atoms with E-state index in [4.69, 9.17) is 4.74 Å². The van der Waals surface area contributed by atoms with E-state index >= 15 is 0 Å². The summed E-state index contributed by atoms with van der Waals surface area (Å²) >= 11 is 1.59. The van der Waals surface area contributed by atoms with Gasteiger partial charge in [0.05, 0.1) is 33.8 Å². The van der Waals surface area contributed by atoms with Gasteiger partial charge < -0.3 is 15.0 Å². The summed E-state index contributed by atoms with van der Waals surface area (Å²) < 4.78 is 6.32. The van der Waals surface area contributed by atoms with Crippen LogP contribution >= 0.6 is 11.3 Å². The predicted molar refractivity (Wildman–Crippen MR) is 144 cm³/mol. The number of nitrogens with zero attached hydrogens (tertiary/aromatic N) is 3. The minimum Gasteiger partial charge on any atom is -0.444 e. The molecule has 0 radical (unpaired) electrons. The van der Waals surface area contributed by atoms with Crippen LogP contribution in [-0.4, -0.2) is 50.1 Å². The number of thiophene rings is 1. The Balaban J connectivity index is 1.51. The second-order valence-electron chi connectivity index (χ2n) is 10.8. The van der Waals surface area contributed by atoms with Gasteiger partial charge >= 0.3 is 17.9 Å². The van der Waals surface area contributed by atoms with Crippen molar-refractivity contribution >= 4 is 51.0 Å². The van der Waals surface area contributed by atoms with E-state index in [0.29, 0.717) is 30.0 Å². The van der Waals surface area contributed by atoms with Gasteiger partial charge in [0.15, 0.2) is 0 Å². The first kappa shape index (κ1) is 26.6. The van der Waals surface area contributed by atoms with Crippen LogP contribution in [-0.2, 0) is 26.3 Å². The number of nitrogens with one attached hydrogen (secondary N) is 3. The molecule has 1 saturated heterocycles. The SMILES string of the molecule is CCc1cc(NC(=O)C(=O)N2C[C@@H](C)CC[C@@]2(C)c2cc3[nH]ncc3s2)cnc1NC(=O)OC(C)(C)C. The van der Waals surface area contributed by atoms with Crippen molar-refractivity contribution in [3.8, 4) is 0 Å². The molecule has 1 aliphatic heterocycles. The fourth-order valence-electron chi connectivity index (χ4n) is 4.51. The van der Waals surface area contributed by atoms with Crippen molar-refractivity contribution in [1.82, 2.24) is 20.1 Å². The van der Waals surface area contributed by atoms with Crippen molar-refractivity contribution in [2.75, 3.05) is 17.2 Å². The zero-order valence-corrected chi connectivity index (χ0v) is 22.9. The normalized spacial score (nSPS) is 20.1. The van der Waals surface area contributed by atoms with E-state index in [1.807, 2.05) is 19.9 Å². The van der Waals surface area contributed by atoms with Gasteiger partial charge in [0.1, 0.15) is 11.4 Å². The molecule has 1 aliphatic rings. The minimum absolute atomic E-state index is 0.280. The molecule has 37 heavy (non-hydrogen) atoms. The number of ether oxygens (including phenoxy) is 1. The van der Waals surface area contributed by atoms with Gasteiger partial charge in [-0.25, -0.2) is 9.78 Å². The van der Waals surface area contributed by atoms with Crippen molar-refractivity contribution < 1.29 is 19.1 Å². The topological polar surface area (TPSA) is 129 Å². The molecule has 2 atom stereocenters. The summed E-state index contributed by atoms with van der Waals surface area (Å²) in [5.74, 6) is -0.677. The third-order valence-corrected chi connectivity index (χ3v) is 7.86. The van der Waals surface area contributed by atoms with E-state index in [2.05, 4.69) is 32.7 Å². The zero-order valence-electron chi connectivity index (χ0n) is 22.1. The second-order valence-corrected chi connectivity index (χ2v) is 11.8. The van der Waals surface area contributed by atoms with Crippen molar-refractivity contribution in [3.63, 3.8) is 0 Å². The number of hydrogen-bond donors (Lipinski definition) is 3. The van der Waals surface area contributed by atoms with Crippen LogP contribution in [0.1, 0.15) is 64.8 Å². The van der Waals surface area contributed by atoms with Gasteiger partial charge in [-0.3, -0.25) is 20.0 Å². The first-order chi connectivity index (χ1) is 17.4. The van der Waals surface area contributed by atoms with Crippen molar-refractivity contribution in [2.45, 2.75) is 71.9 Å². The van der Waals surface area contributed by atoms with Crippen LogP contribution in [0.15, 0.2) is 24.5 Å². The summed E-state index contributed by atoms with van der Waals surface area (Å²) in [4.78, 5) is 45.8. The molecule has 11 heteroatoms. The first-order valence-electron chi connectivity index (χ1n) is 12.4. The lowest BCUT2D eigenvalue weighted by Gasteiger charge is -2.46. The number of amides is 3. The minimum atomic E-state index is -0.721. The Morgan fingerprint density at radius 3 is 2.68 bits per heavy atom. The molecule has 198 valence electrons. The van der Waals surface area contributed by atoms with Crippen LogP contribution < -0.4 is 10.6 Å². The van der Waals surface area contributed by atoms with Crippen molar-refractivity contribution in [2.24, 2.45) is 5.92 Å². The van der Waals surface area contributed by atoms with Gasteiger partial charge in [-0.15, -0.1) is 11.3 Å². The maximum absolute atomic E-state index is 13.5. The average molecular weight is 527 g/mol. The standard InChI is InChI=1S/C26H34N6O4S/c1-7-16-10-17(12-27-21(16)30-24(35)36-25(3,4)5)29-22(33)23(34)32-14-15(2)8-9-26(32,6)20-11-18-19(37-20)13-28-31-18/h10-13,15H,7-9,14H2,1-6H3,(H,28,31)(H,29,33)(H,27,30,35)/t15-,26-/m0/s1. The van der Waals surface area contributed by atoms with E-state index in [0.717, 1.165) is 27.9 Å². The van der Waals surface area contributed by atoms with Crippen LogP contribution in [0.25, 0.3) is 10.2 Å². The van der Waals surface area contributed by atoms with E-state index in [1.165, 1.54) is 6.20 Å². The number of aromatic nitrogens is 3. The molecule has 0 aromatic carbocycles.